The number of hydrogen-bond acceptors (Lipinski definition) is 4. The van der Waals surface area contributed by atoms with Gasteiger partial charge in [-0.05, 0) is 18.6 Å². The molecule has 0 amide bonds. The maximum atomic E-state index is 5.53. The number of nitrogens with two attached hydrogens (primary N) is 1. The lowest BCUT2D eigenvalue weighted by Gasteiger charge is -2.20. The second-order valence-corrected chi connectivity index (χ2v) is 4.16. The fourth-order valence-corrected chi connectivity index (χ4v) is 1.81. The second kappa shape index (κ2) is 5.23. The van der Waals surface area contributed by atoms with E-state index in [9.17, 15) is 0 Å². The van der Waals surface area contributed by atoms with E-state index in [2.05, 4.69) is 9.88 Å². The van der Waals surface area contributed by atoms with Gasteiger partial charge in [0.2, 0.25) is 0 Å². The van der Waals surface area contributed by atoms with Crippen LogP contribution in [0, 0.1) is 0 Å². The third-order valence-corrected chi connectivity index (χ3v) is 2.81. The van der Waals surface area contributed by atoms with E-state index in [4.69, 9.17) is 22.7 Å². The van der Waals surface area contributed by atoms with E-state index in [1.807, 2.05) is 12.1 Å². The van der Waals surface area contributed by atoms with Crippen LogP contribution in [0.15, 0.2) is 18.3 Å². The van der Waals surface area contributed by atoms with Gasteiger partial charge in [-0.1, -0.05) is 12.2 Å². The zero-order chi connectivity index (χ0) is 11.4. The molecule has 0 saturated carbocycles. The summed E-state index contributed by atoms with van der Waals surface area (Å²) in [4.78, 5) is 6.97. The smallest absolute Gasteiger partial charge is 0.128 e. The number of hydrogen-bond donors (Lipinski definition) is 1. The molecule has 0 bridgehead atoms. The quantitative estimate of drug-likeness (QED) is 0.776. The standard InChI is InChI=1S/C11H15N3OS/c12-11(16)9-2-3-10(13-8-9)14-4-1-6-15-7-5-14/h2-3,8H,1,4-7H2,(H2,12,16). The van der Waals surface area contributed by atoms with Crippen LogP contribution >= 0.6 is 12.2 Å². The molecule has 2 N–H and O–H groups in total. The van der Waals surface area contributed by atoms with Crippen LogP contribution in [0.25, 0.3) is 0 Å². The Bertz CT molecular complexity index is 358. The van der Waals surface area contributed by atoms with Crippen molar-refractivity contribution in [3.8, 4) is 0 Å². The van der Waals surface area contributed by atoms with E-state index in [0.29, 0.717) is 4.99 Å². The zero-order valence-corrected chi connectivity index (χ0v) is 9.87. The summed E-state index contributed by atoms with van der Waals surface area (Å²) in [5, 5.41) is 0. The highest BCUT2D eigenvalue weighted by molar-refractivity contribution is 7.80. The van der Waals surface area contributed by atoms with E-state index in [1.54, 1.807) is 6.20 Å². The Balaban J connectivity index is 2.10. The molecule has 1 aliphatic heterocycles. The van der Waals surface area contributed by atoms with Gasteiger partial charge in [-0.2, -0.15) is 0 Å². The van der Waals surface area contributed by atoms with Crippen LogP contribution in [-0.2, 0) is 4.74 Å². The largest absolute Gasteiger partial charge is 0.389 e. The van der Waals surface area contributed by atoms with Crippen LogP contribution in [0.5, 0.6) is 0 Å². The molecule has 1 aromatic heterocycles. The molecule has 0 aromatic carbocycles. The average molecular weight is 237 g/mol. The third-order valence-electron chi connectivity index (χ3n) is 2.58. The summed E-state index contributed by atoms with van der Waals surface area (Å²) in [5.74, 6) is 0.963. The predicted octanol–water partition coefficient (Wildman–Crippen LogP) is 0.942. The number of thiocarbonyl (C=S) groups is 1. The highest BCUT2D eigenvalue weighted by atomic mass is 32.1. The van der Waals surface area contributed by atoms with Crippen molar-refractivity contribution in [2.45, 2.75) is 6.42 Å². The highest BCUT2D eigenvalue weighted by Crippen LogP contribution is 2.13. The lowest BCUT2D eigenvalue weighted by molar-refractivity contribution is 0.152. The minimum absolute atomic E-state index is 0.387. The van der Waals surface area contributed by atoms with E-state index in [1.165, 1.54) is 0 Å². The van der Waals surface area contributed by atoms with Crippen LogP contribution in [0.2, 0.25) is 0 Å². The topological polar surface area (TPSA) is 51.4 Å². The Hall–Kier alpha value is -1.20. The van der Waals surface area contributed by atoms with Gasteiger partial charge in [0, 0.05) is 31.5 Å². The van der Waals surface area contributed by atoms with Crippen molar-refractivity contribution in [3.63, 3.8) is 0 Å². The van der Waals surface area contributed by atoms with E-state index >= 15 is 0 Å². The van der Waals surface area contributed by atoms with E-state index < -0.39 is 0 Å². The maximum absolute atomic E-state index is 5.53. The number of rotatable bonds is 2. The number of anilines is 1. The maximum Gasteiger partial charge on any atom is 0.128 e. The van der Waals surface area contributed by atoms with Crippen LogP contribution in [0.4, 0.5) is 5.82 Å². The number of aromatic nitrogens is 1. The SMILES string of the molecule is NC(=S)c1ccc(N2CCCOCC2)nc1. The van der Waals surface area contributed by atoms with Gasteiger partial charge in [0.1, 0.15) is 10.8 Å². The molecule has 0 radical (unpaired) electrons. The molecule has 1 aromatic rings. The molecule has 5 heteroatoms. The molecule has 2 rings (SSSR count). The number of pyridine rings is 1. The summed E-state index contributed by atoms with van der Waals surface area (Å²) in [6.07, 6.45) is 2.77. The van der Waals surface area contributed by atoms with Crippen LogP contribution in [0.3, 0.4) is 0 Å². The van der Waals surface area contributed by atoms with Crippen molar-refractivity contribution in [2.24, 2.45) is 5.73 Å². The molecule has 2 heterocycles. The first kappa shape index (κ1) is 11.3. The summed E-state index contributed by atoms with van der Waals surface area (Å²) >= 11 is 4.89. The Labute approximate surface area is 100 Å². The lowest BCUT2D eigenvalue weighted by Crippen LogP contribution is -2.26. The van der Waals surface area contributed by atoms with Crippen molar-refractivity contribution in [3.05, 3.63) is 23.9 Å². The summed E-state index contributed by atoms with van der Waals surface area (Å²) in [5.41, 5.74) is 6.34. The van der Waals surface area contributed by atoms with Crippen LogP contribution in [-0.4, -0.2) is 36.3 Å². The molecule has 16 heavy (non-hydrogen) atoms. The molecule has 0 atom stereocenters. The van der Waals surface area contributed by atoms with Gasteiger partial charge in [-0.25, -0.2) is 4.98 Å². The molecular formula is C11H15N3OS. The summed E-state index contributed by atoms with van der Waals surface area (Å²) < 4.78 is 5.40. The monoisotopic (exact) mass is 237 g/mol. The van der Waals surface area contributed by atoms with Gasteiger partial charge in [0.05, 0.1) is 6.61 Å². The van der Waals surface area contributed by atoms with Crippen molar-refractivity contribution in [1.29, 1.82) is 0 Å². The van der Waals surface area contributed by atoms with Gasteiger partial charge in [0.15, 0.2) is 0 Å². The fourth-order valence-electron chi connectivity index (χ4n) is 1.69. The molecule has 0 unspecified atom stereocenters. The Morgan fingerprint density at radius 1 is 1.38 bits per heavy atom. The van der Waals surface area contributed by atoms with Crippen LogP contribution < -0.4 is 10.6 Å². The first-order valence-electron chi connectivity index (χ1n) is 5.36. The summed E-state index contributed by atoms with van der Waals surface area (Å²) in [6.45, 7) is 3.47. The zero-order valence-electron chi connectivity index (χ0n) is 9.06. The van der Waals surface area contributed by atoms with Gasteiger partial charge in [-0.15, -0.1) is 0 Å². The molecule has 1 aliphatic rings. The lowest BCUT2D eigenvalue weighted by atomic mass is 10.2. The molecule has 86 valence electrons. The normalized spacial score (nSPS) is 16.9. The van der Waals surface area contributed by atoms with Crippen molar-refractivity contribution >= 4 is 23.0 Å². The summed E-state index contributed by atoms with van der Waals surface area (Å²) in [6, 6.07) is 3.87. The first-order valence-corrected chi connectivity index (χ1v) is 5.77. The minimum Gasteiger partial charge on any atom is -0.389 e. The molecule has 1 fully saturated rings. The predicted molar refractivity (Wildman–Crippen MR) is 67.8 cm³/mol. The van der Waals surface area contributed by atoms with Crippen molar-refractivity contribution in [2.75, 3.05) is 31.2 Å². The van der Waals surface area contributed by atoms with Crippen LogP contribution in [0.1, 0.15) is 12.0 Å². The third kappa shape index (κ3) is 2.68. The molecule has 0 spiro atoms. The average Bonchev–Trinajstić information content (AvgIpc) is 2.57. The number of ether oxygens (including phenoxy) is 1. The summed E-state index contributed by atoms with van der Waals surface area (Å²) in [7, 11) is 0. The molecule has 1 saturated heterocycles. The Kier molecular flexibility index (Phi) is 3.69. The fraction of sp³-hybridized carbons (Fsp3) is 0.455. The molecule has 4 nitrogen and oxygen atoms in total. The molecular weight excluding hydrogens is 222 g/mol. The van der Waals surface area contributed by atoms with Gasteiger partial charge >= 0.3 is 0 Å². The minimum atomic E-state index is 0.387. The van der Waals surface area contributed by atoms with Crippen molar-refractivity contribution in [1.82, 2.24) is 4.98 Å². The Morgan fingerprint density at radius 3 is 2.94 bits per heavy atom. The second-order valence-electron chi connectivity index (χ2n) is 3.72. The highest BCUT2D eigenvalue weighted by Gasteiger charge is 2.10. The van der Waals surface area contributed by atoms with Gasteiger partial charge in [0.25, 0.3) is 0 Å². The van der Waals surface area contributed by atoms with E-state index in [0.717, 1.165) is 44.1 Å². The van der Waals surface area contributed by atoms with Gasteiger partial charge < -0.3 is 15.4 Å². The molecule has 0 aliphatic carbocycles. The van der Waals surface area contributed by atoms with E-state index in [-0.39, 0.29) is 0 Å². The number of nitrogens with zero attached hydrogens (tertiary/aromatic N) is 2. The Morgan fingerprint density at radius 2 is 2.25 bits per heavy atom. The first-order chi connectivity index (χ1) is 7.77. The van der Waals surface area contributed by atoms with Crippen molar-refractivity contribution < 1.29 is 4.74 Å². The van der Waals surface area contributed by atoms with Gasteiger partial charge in [-0.3, -0.25) is 0 Å².